The van der Waals surface area contributed by atoms with E-state index in [1.807, 2.05) is 107 Å². The summed E-state index contributed by atoms with van der Waals surface area (Å²) in [7, 11) is 8.10. The lowest BCUT2D eigenvalue weighted by Gasteiger charge is -2.14. The van der Waals surface area contributed by atoms with Gasteiger partial charge in [0.15, 0.2) is 0 Å². The Balaban J connectivity index is 0.990. The van der Waals surface area contributed by atoms with E-state index in [-0.39, 0.29) is 5.75 Å². The van der Waals surface area contributed by atoms with E-state index in [9.17, 15) is 5.11 Å². The van der Waals surface area contributed by atoms with Crippen LogP contribution >= 0.6 is 12.0 Å². The Labute approximate surface area is 300 Å². The summed E-state index contributed by atoms with van der Waals surface area (Å²) in [5.41, 5.74) is 7.46. The number of nitrogens with zero attached hydrogens (tertiary/aromatic N) is 6. The first-order valence-electron chi connectivity index (χ1n) is 16.3. The molecule has 0 spiro atoms. The third kappa shape index (κ3) is 10.1. The predicted octanol–water partition coefficient (Wildman–Crippen LogP) is 6.70. The van der Waals surface area contributed by atoms with Crippen molar-refractivity contribution in [3.63, 3.8) is 0 Å². The van der Waals surface area contributed by atoms with Gasteiger partial charge in [0.2, 0.25) is 17.8 Å². The van der Waals surface area contributed by atoms with Crippen LogP contribution in [0.3, 0.4) is 0 Å². The maximum Gasteiger partial charge on any atom is 0.233 e. The summed E-state index contributed by atoms with van der Waals surface area (Å²) >= 11 is 1.07. The van der Waals surface area contributed by atoms with Crippen LogP contribution in [-0.2, 0) is 9.32 Å². The zero-order valence-electron chi connectivity index (χ0n) is 28.8. The highest BCUT2D eigenvalue weighted by molar-refractivity contribution is 7.94. The van der Waals surface area contributed by atoms with Gasteiger partial charge in [-0.15, -0.1) is 9.32 Å². The topological polar surface area (TPSA) is 157 Å². The predicted molar refractivity (Wildman–Crippen MR) is 206 cm³/mol. The van der Waals surface area contributed by atoms with Crippen LogP contribution in [0.15, 0.2) is 95.9 Å². The van der Waals surface area contributed by atoms with Gasteiger partial charge in [-0.3, -0.25) is 0 Å². The largest absolute Gasteiger partial charge is 0.507 e. The van der Waals surface area contributed by atoms with Crippen molar-refractivity contribution in [3.05, 3.63) is 91.0 Å². The molecule has 0 aliphatic carbocycles. The minimum atomic E-state index is 0.173. The number of anilines is 7. The Bertz CT molecular complexity index is 2020. The van der Waals surface area contributed by atoms with Gasteiger partial charge >= 0.3 is 0 Å². The van der Waals surface area contributed by atoms with Crippen molar-refractivity contribution in [2.24, 2.45) is 0 Å². The molecule has 2 heterocycles. The molecule has 51 heavy (non-hydrogen) atoms. The van der Waals surface area contributed by atoms with Gasteiger partial charge in [0.05, 0.1) is 28.8 Å². The summed E-state index contributed by atoms with van der Waals surface area (Å²) in [4.78, 5) is 28.5. The molecule has 0 bridgehead atoms. The molecule has 6 rings (SSSR count). The van der Waals surface area contributed by atoms with Crippen molar-refractivity contribution < 1.29 is 14.4 Å². The van der Waals surface area contributed by atoms with Crippen LogP contribution in [0, 0.1) is 0 Å². The van der Waals surface area contributed by atoms with Crippen molar-refractivity contribution in [2.45, 2.75) is 4.90 Å². The number of para-hydroxylation sites is 1. The van der Waals surface area contributed by atoms with Gasteiger partial charge < -0.3 is 36.2 Å². The molecule has 6 aromatic rings. The molecule has 0 aliphatic heterocycles. The monoisotopic (exact) mass is 707 g/mol. The molecule has 0 aliphatic rings. The third-order valence-corrected chi connectivity index (χ3v) is 8.18. The summed E-state index contributed by atoms with van der Waals surface area (Å²) in [5, 5.41) is 25.3. The lowest BCUT2D eigenvalue weighted by molar-refractivity contribution is -0.161. The molecule has 0 fully saturated rings. The number of hydrogen-bond donors (Lipinski definition) is 6. The summed E-state index contributed by atoms with van der Waals surface area (Å²) < 4.78 is 5.30. The van der Waals surface area contributed by atoms with Crippen LogP contribution in [0.1, 0.15) is 0 Å². The summed E-state index contributed by atoms with van der Waals surface area (Å²) in [6.45, 7) is 3.12. The molecule has 14 nitrogen and oxygen atoms in total. The van der Waals surface area contributed by atoms with Gasteiger partial charge in [0.1, 0.15) is 5.75 Å². The van der Waals surface area contributed by atoms with Crippen molar-refractivity contribution in [1.29, 1.82) is 0 Å². The number of rotatable bonds is 17. The molecule has 2 aromatic heterocycles. The van der Waals surface area contributed by atoms with Crippen LogP contribution < -0.4 is 26.7 Å². The number of nitrogens with one attached hydrogen (secondary N) is 5. The molecule has 0 amide bonds. The molecule has 0 atom stereocenters. The summed E-state index contributed by atoms with van der Waals surface area (Å²) in [5.74, 6) is 1.63. The number of benzene rings is 4. The van der Waals surface area contributed by atoms with E-state index >= 15 is 0 Å². The minimum absolute atomic E-state index is 0.173. The highest BCUT2D eigenvalue weighted by Crippen LogP contribution is 2.33. The van der Waals surface area contributed by atoms with Gasteiger partial charge in [-0.2, -0.15) is 15.0 Å². The molecule has 0 radical (unpaired) electrons. The Hall–Kier alpha value is -5.45. The minimum Gasteiger partial charge on any atom is -0.507 e. The van der Waals surface area contributed by atoms with E-state index in [1.165, 1.54) is 0 Å². The zero-order chi connectivity index (χ0) is 35.6. The molecule has 0 saturated carbocycles. The fourth-order valence-electron chi connectivity index (χ4n) is 4.95. The first-order valence-corrected chi connectivity index (χ1v) is 17.1. The number of fused-ring (bicyclic) bond motifs is 2. The average Bonchev–Trinajstić information content (AvgIpc) is 3.12. The van der Waals surface area contributed by atoms with Crippen LogP contribution in [0.2, 0.25) is 0 Å². The van der Waals surface area contributed by atoms with E-state index in [4.69, 9.17) is 9.32 Å². The molecule has 264 valence electrons. The van der Waals surface area contributed by atoms with Gasteiger partial charge in [-0.25, -0.2) is 10.5 Å². The fraction of sp³-hybridized carbons (Fsp3) is 0.222. The van der Waals surface area contributed by atoms with E-state index in [0.29, 0.717) is 52.9 Å². The van der Waals surface area contributed by atoms with Crippen LogP contribution in [0.4, 0.5) is 40.6 Å². The Morgan fingerprint density at radius 1 is 0.608 bits per heavy atom. The first kappa shape index (κ1) is 35.4. The molecule has 15 heteroatoms. The van der Waals surface area contributed by atoms with Crippen molar-refractivity contribution in [1.82, 2.24) is 29.7 Å². The second-order valence-electron chi connectivity index (χ2n) is 12.2. The summed E-state index contributed by atoms with van der Waals surface area (Å²) in [6, 6.07) is 28.5. The average molecular weight is 708 g/mol. The highest BCUT2D eigenvalue weighted by atomic mass is 32.2. The lowest BCUT2D eigenvalue weighted by Crippen LogP contribution is -2.23. The maximum absolute atomic E-state index is 10.8. The SMILES string of the molecule is CN(C)CCNc1nc(NCCN(C)C)nc(Nc2ccc(Nc3ccc(SOONc4ccc5nc6ccccc6c(O)c5c4)cc3)cc2)n1. The zero-order valence-corrected chi connectivity index (χ0v) is 29.7. The summed E-state index contributed by atoms with van der Waals surface area (Å²) in [6.07, 6.45) is 0. The fourth-order valence-corrected chi connectivity index (χ4v) is 5.35. The quantitative estimate of drug-likeness (QED) is 0.0196. The van der Waals surface area contributed by atoms with Crippen LogP contribution in [0.25, 0.3) is 21.8 Å². The molecule has 6 N–H and O–H groups in total. The molecule has 0 saturated heterocycles. The Morgan fingerprint density at radius 2 is 1.16 bits per heavy atom. The first-order chi connectivity index (χ1) is 24.8. The molecular weight excluding hydrogens is 667 g/mol. The Morgan fingerprint density at radius 3 is 1.80 bits per heavy atom. The van der Waals surface area contributed by atoms with Gasteiger partial charge in [-0.1, -0.05) is 12.1 Å². The number of likely N-dealkylation sites (N-methyl/N-ethyl adjacent to an activating group) is 2. The number of aromatic hydroxyl groups is 1. The van der Waals surface area contributed by atoms with Crippen LogP contribution in [-0.4, -0.2) is 89.2 Å². The molecule has 0 unspecified atom stereocenters. The number of pyridine rings is 1. The van der Waals surface area contributed by atoms with Crippen molar-refractivity contribution >= 4 is 74.4 Å². The van der Waals surface area contributed by atoms with Gasteiger partial charge in [-0.05, 0) is 107 Å². The smallest absolute Gasteiger partial charge is 0.233 e. The second-order valence-corrected chi connectivity index (χ2v) is 12.9. The van der Waals surface area contributed by atoms with E-state index < -0.39 is 0 Å². The number of hydrogen-bond acceptors (Lipinski definition) is 15. The number of aromatic nitrogens is 4. The standard InChI is InChI=1S/C36H41N11O3S/c1-46(2)21-19-37-34-42-35(38-20-22-47(3)4)44-36(43-34)40-26-11-9-24(10-12-26)39-25-13-16-28(17-14-25)51-50-49-45-27-15-18-32-30(23-27)33(48)29-7-5-6-8-31(29)41-32/h5-18,23,39,45H,19-22H2,1-4H3,(H,41,48)(H3,37,38,40,42,43,44). The highest BCUT2D eigenvalue weighted by Gasteiger charge is 2.10. The normalized spacial score (nSPS) is 11.3. The Kier molecular flexibility index (Phi) is 11.8. The maximum atomic E-state index is 10.8. The van der Waals surface area contributed by atoms with Crippen molar-refractivity contribution in [2.75, 3.05) is 81.1 Å². The van der Waals surface area contributed by atoms with Gasteiger partial charge in [0.25, 0.3) is 0 Å². The second kappa shape index (κ2) is 17.0. The molecule has 4 aromatic carbocycles. The van der Waals surface area contributed by atoms with Crippen molar-refractivity contribution in [3.8, 4) is 5.75 Å². The van der Waals surface area contributed by atoms with E-state index in [1.54, 1.807) is 12.1 Å². The van der Waals surface area contributed by atoms with E-state index in [0.717, 1.165) is 52.6 Å². The van der Waals surface area contributed by atoms with Gasteiger partial charge in [0, 0.05) is 58.9 Å². The third-order valence-electron chi connectivity index (χ3n) is 7.58. The lowest BCUT2D eigenvalue weighted by atomic mass is 10.1. The molecular formula is C36H41N11O3S. The van der Waals surface area contributed by atoms with Crippen LogP contribution in [0.5, 0.6) is 5.75 Å². The van der Waals surface area contributed by atoms with E-state index in [2.05, 4.69) is 56.5 Å².